The molecule has 0 aromatic heterocycles. The van der Waals surface area contributed by atoms with Crippen LogP contribution in [0.2, 0.25) is 0 Å². The Kier molecular flexibility index (Phi) is 11.3. The van der Waals surface area contributed by atoms with E-state index in [0.29, 0.717) is 25.1 Å². The summed E-state index contributed by atoms with van der Waals surface area (Å²) in [5.41, 5.74) is 10.9. The first-order valence-corrected chi connectivity index (χ1v) is 11.3. The molecule has 1 fully saturated rings. The Morgan fingerprint density at radius 1 is 1.16 bits per heavy atom. The quantitative estimate of drug-likeness (QED) is 0.169. The number of carboxylic acids is 1. The maximum atomic E-state index is 12.8. The number of hydrogen-bond acceptors (Lipinski definition) is 8. The molecule has 176 valence electrons. The number of primary amides is 1. The van der Waals surface area contributed by atoms with Crippen molar-refractivity contribution in [1.82, 2.24) is 15.5 Å². The lowest BCUT2D eigenvalue weighted by atomic mass is 10.1. The van der Waals surface area contributed by atoms with Crippen molar-refractivity contribution in [3.63, 3.8) is 0 Å². The van der Waals surface area contributed by atoms with Crippen molar-refractivity contribution in [3.8, 4) is 0 Å². The van der Waals surface area contributed by atoms with Crippen molar-refractivity contribution in [2.24, 2.45) is 11.5 Å². The number of rotatable bonds is 13. The number of hydrogen-bond donors (Lipinski definition) is 6. The summed E-state index contributed by atoms with van der Waals surface area (Å²) in [6.45, 7) is -0.479. The van der Waals surface area contributed by atoms with E-state index in [2.05, 4.69) is 10.6 Å². The first-order chi connectivity index (χ1) is 14.6. The minimum absolute atomic E-state index is 0.0514. The van der Waals surface area contributed by atoms with Crippen LogP contribution in [0.15, 0.2) is 0 Å². The number of aliphatic hydroxyl groups is 1. The van der Waals surface area contributed by atoms with Gasteiger partial charge in [-0.2, -0.15) is 11.8 Å². The third-order valence-electron chi connectivity index (χ3n) is 4.90. The molecule has 0 bridgehead atoms. The van der Waals surface area contributed by atoms with Crippen LogP contribution >= 0.6 is 11.8 Å². The summed E-state index contributed by atoms with van der Waals surface area (Å²) in [5, 5.41) is 22.9. The summed E-state index contributed by atoms with van der Waals surface area (Å²) in [7, 11) is 0. The minimum Gasteiger partial charge on any atom is -0.480 e. The van der Waals surface area contributed by atoms with Crippen molar-refractivity contribution in [1.29, 1.82) is 0 Å². The van der Waals surface area contributed by atoms with Gasteiger partial charge >= 0.3 is 5.97 Å². The zero-order chi connectivity index (χ0) is 23.6. The van der Waals surface area contributed by atoms with E-state index in [4.69, 9.17) is 21.7 Å². The second kappa shape index (κ2) is 13.1. The molecule has 1 saturated heterocycles. The molecule has 1 heterocycles. The van der Waals surface area contributed by atoms with Crippen LogP contribution in [0, 0.1) is 0 Å². The van der Waals surface area contributed by atoms with Gasteiger partial charge in [-0.05, 0) is 37.7 Å². The highest BCUT2D eigenvalue weighted by Crippen LogP contribution is 2.19. The Hall–Kier alpha value is -2.38. The third kappa shape index (κ3) is 8.34. The molecular formula is C18H31N5O7S. The molecule has 0 aromatic rings. The minimum atomic E-state index is -1.49. The number of nitrogens with two attached hydrogens (primary N) is 2. The summed E-state index contributed by atoms with van der Waals surface area (Å²) in [6, 6.07) is -4.33. The summed E-state index contributed by atoms with van der Waals surface area (Å²) in [6.07, 6.45) is 3.01. The fourth-order valence-corrected chi connectivity index (χ4v) is 3.64. The number of thioether (sulfide) groups is 1. The van der Waals surface area contributed by atoms with E-state index in [9.17, 15) is 24.0 Å². The molecular weight excluding hydrogens is 430 g/mol. The second-order valence-electron chi connectivity index (χ2n) is 7.23. The topological polar surface area (TPSA) is 205 Å². The van der Waals surface area contributed by atoms with Crippen molar-refractivity contribution in [2.45, 2.75) is 56.3 Å². The lowest BCUT2D eigenvalue weighted by Gasteiger charge is -2.28. The Morgan fingerprint density at radius 2 is 1.84 bits per heavy atom. The number of aliphatic hydroxyl groups excluding tert-OH is 1. The van der Waals surface area contributed by atoms with Crippen LogP contribution in [0.3, 0.4) is 0 Å². The molecule has 13 heteroatoms. The van der Waals surface area contributed by atoms with Gasteiger partial charge in [0.2, 0.25) is 23.6 Å². The van der Waals surface area contributed by atoms with E-state index in [1.54, 1.807) is 0 Å². The van der Waals surface area contributed by atoms with E-state index < -0.39 is 60.4 Å². The fourth-order valence-electron chi connectivity index (χ4n) is 3.17. The van der Waals surface area contributed by atoms with Crippen molar-refractivity contribution >= 4 is 41.4 Å². The third-order valence-corrected chi connectivity index (χ3v) is 5.54. The van der Waals surface area contributed by atoms with E-state index >= 15 is 0 Å². The standard InChI is InChI=1S/C18H31N5O7S/c1-31-8-6-11(15(26)22-12(9-24)18(29)30)21-16(27)13-3-2-7-23(13)17(28)10(19)4-5-14(20)25/h10-13,24H,2-9,19H2,1H3,(H2,20,25)(H,21,27)(H,22,26)(H,29,30). The van der Waals surface area contributed by atoms with Crippen LogP contribution in [0.5, 0.6) is 0 Å². The molecule has 4 atom stereocenters. The molecule has 0 aliphatic carbocycles. The van der Waals surface area contributed by atoms with Crippen molar-refractivity contribution in [3.05, 3.63) is 0 Å². The molecule has 0 spiro atoms. The Labute approximate surface area is 184 Å². The van der Waals surface area contributed by atoms with Gasteiger partial charge < -0.3 is 37.2 Å². The molecule has 0 radical (unpaired) electrons. The predicted molar refractivity (Wildman–Crippen MR) is 113 cm³/mol. The number of carboxylic acid groups (broad SMARTS) is 1. The summed E-state index contributed by atoms with van der Waals surface area (Å²) >= 11 is 1.44. The van der Waals surface area contributed by atoms with Gasteiger partial charge in [0.15, 0.2) is 0 Å². The molecule has 1 aliphatic rings. The number of aliphatic carboxylic acids is 1. The van der Waals surface area contributed by atoms with Crippen molar-refractivity contribution < 1.29 is 34.2 Å². The molecule has 4 unspecified atom stereocenters. The Bertz CT molecular complexity index is 678. The van der Waals surface area contributed by atoms with Gasteiger partial charge in [0.1, 0.15) is 18.1 Å². The van der Waals surface area contributed by atoms with Gasteiger partial charge in [-0.25, -0.2) is 4.79 Å². The number of nitrogens with zero attached hydrogens (tertiary/aromatic N) is 1. The number of likely N-dealkylation sites (tertiary alicyclic amines) is 1. The van der Waals surface area contributed by atoms with Crippen LogP contribution in [-0.4, -0.2) is 94.0 Å². The van der Waals surface area contributed by atoms with E-state index in [1.807, 2.05) is 6.26 Å². The van der Waals surface area contributed by atoms with Crippen LogP contribution in [0.25, 0.3) is 0 Å². The maximum absolute atomic E-state index is 12.8. The number of amides is 4. The monoisotopic (exact) mass is 461 g/mol. The normalized spacial score (nSPS) is 18.7. The molecule has 8 N–H and O–H groups in total. The Balaban J connectivity index is 2.83. The van der Waals surface area contributed by atoms with E-state index in [-0.39, 0.29) is 19.3 Å². The van der Waals surface area contributed by atoms with E-state index in [1.165, 1.54) is 16.7 Å². The average molecular weight is 462 g/mol. The Morgan fingerprint density at radius 3 is 2.39 bits per heavy atom. The van der Waals surface area contributed by atoms with Gasteiger partial charge in [-0.15, -0.1) is 0 Å². The van der Waals surface area contributed by atoms with Crippen LogP contribution in [0.1, 0.15) is 32.1 Å². The number of carbonyl (C=O) groups excluding carboxylic acids is 4. The maximum Gasteiger partial charge on any atom is 0.328 e. The molecule has 0 aromatic carbocycles. The van der Waals surface area contributed by atoms with Gasteiger partial charge in [0.25, 0.3) is 0 Å². The zero-order valence-electron chi connectivity index (χ0n) is 17.4. The highest BCUT2D eigenvalue weighted by atomic mass is 32.2. The largest absolute Gasteiger partial charge is 0.480 e. The highest BCUT2D eigenvalue weighted by Gasteiger charge is 2.37. The first kappa shape index (κ1) is 26.7. The predicted octanol–water partition coefficient (Wildman–Crippen LogP) is -2.63. The zero-order valence-corrected chi connectivity index (χ0v) is 18.2. The van der Waals surface area contributed by atoms with Crippen LogP contribution in [0.4, 0.5) is 0 Å². The van der Waals surface area contributed by atoms with Gasteiger partial charge in [0, 0.05) is 13.0 Å². The molecule has 12 nitrogen and oxygen atoms in total. The van der Waals surface area contributed by atoms with Gasteiger partial charge in [0.05, 0.1) is 12.6 Å². The van der Waals surface area contributed by atoms with Crippen molar-refractivity contribution in [2.75, 3.05) is 25.2 Å². The molecule has 1 aliphatic heterocycles. The van der Waals surface area contributed by atoms with Crippen LogP contribution < -0.4 is 22.1 Å². The lowest BCUT2D eigenvalue weighted by molar-refractivity contribution is -0.144. The summed E-state index contributed by atoms with van der Waals surface area (Å²) in [4.78, 5) is 61.3. The van der Waals surface area contributed by atoms with Gasteiger partial charge in [-0.3, -0.25) is 19.2 Å². The van der Waals surface area contributed by atoms with Crippen LogP contribution in [-0.2, 0) is 24.0 Å². The fraction of sp³-hybridized carbons (Fsp3) is 0.722. The second-order valence-corrected chi connectivity index (χ2v) is 8.21. The molecule has 1 rings (SSSR count). The average Bonchev–Trinajstić information content (AvgIpc) is 3.21. The molecule has 0 saturated carbocycles. The first-order valence-electron chi connectivity index (χ1n) is 9.90. The van der Waals surface area contributed by atoms with Gasteiger partial charge in [-0.1, -0.05) is 0 Å². The smallest absolute Gasteiger partial charge is 0.328 e. The van der Waals surface area contributed by atoms with E-state index in [0.717, 1.165) is 0 Å². The summed E-state index contributed by atoms with van der Waals surface area (Å²) < 4.78 is 0. The highest BCUT2D eigenvalue weighted by molar-refractivity contribution is 7.98. The number of carbonyl (C=O) groups is 5. The molecule has 31 heavy (non-hydrogen) atoms. The SMILES string of the molecule is CSCCC(NC(=O)C1CCCN1C(=O)C(N)CCC(N)=O)C(=O)NC(CO)C(=O)O. The molecule has 4 amide bonds. The lowest BCUT2D eigenvalue weighted by Crippen LogP contribution is -2.57. The number of nitrogens with one attached hydrogen (secondary N) is 2. The summed E-state index contributed by atoms with van der Waals surface area (Å²) in [5.74, 6) is -3.23.